The normalized spacial score (nSPS) is 8.92. The van der Waals surface area contributed by atoms with Crippen molar-refractivity contribution < 1.29 is 14.6 Å². The van der Waals surface area contributed by atoms with Crippen molar-refractivity contribution in [3.05, 3.63) is 24.3 Å². The van der Waals surface area contributed by atoms with E-state index in [1.54, 1.807) is 18.2 Å². The third kappa shape index (κ3) is 3.40. The number of carbonyl (C=O) groups excluding carboxylic acids is 1. The molecule has 68 valence electrons. The van der Waals surface area contributed by atoms with E-state index in [-0.39, 0.29) is 12.3 Å². The van der Waals surface area contributed by atoms with Crippen LogP contribution in [-0.2, 0) is 4.79 Å². The molecular weight excluding hydrogens is 170 g/mol. The third-order valence-electron chi connectivity index (χ3n) is 1.35. The van der Waals surface area contributed by atoms with Crippen molar-refractivity contribution in [3.8, 4) is 11.5 Å². The molecule has 4 nitrogen and oxygen atoms in total. The van der Waals surface area contributed by atoms with Gasteiger partial charge in [-0.25, -0.2) is 9.79 Å². The van der Waals surface area contributed by atoms with E-state index in [1.165, 1.54) is 12.1 Å². The fraction of sp³-hybridized carbons (Fsp3) is 0.222. The molecule has 1 aromatic carbocycles. The van der Waals surface area contributed by atoms with E-state index in [4.69, 9.17) is 9.84 Å². The van der Waals surface area contributed by atoms with Gasteiger partial charge in [-0.05, 0) is 12.1 Å². The first-order chi connectivity index (χ1) is 6.33. The van der Waals surface area contributed by atoms with Crippen molar-refractivity contribution >= 4 is 6.08 Å². The Labute approximate surface area is 75.5 Å². The maximum absolute atomic E-state index is 9.68. The minimum Gasteiger partial charge on any atom is -0.508 e. The van der Waals surface area contributed by atoms with Crippen molar-refractivity contribution in [1.82, 2.24) is 0 Å². The molecule has 0 atom stereocenters. The summed E-state index contributed by atoms with van der Waals surface area (Å²) in [6, 6.07) is 6.43. The molecule has 0 aliphatic carbocycles. The highest BCUT2D eigenvalue weighted by molar-refractivity contribution is 5.33. The second kappa shape index (κ2) is 4.95. The first kappa shape index (κ1) is 9.29. The minimum atomic E-state index is 0.149. The molecule has 0 bridgehead atoms. The number of ether oxygens (including phenoxy) is 1. The van der Waals surface area contributed by atoms with Crippen LogP contribution >= 0.6 is 0 Å². The predicted octanol–water partition coefficient (Wildman–Crippen LogP) is 1.11. The van der Waals surface area contributed by atoms with Gasteiger partial charge in [-0.3, -0.25) is 0 Å². The lowest BCUT2D eigenvalue weighted by atomic mass is 10.3. The third-order valence-corrected chi connectivity index (χ3v) is 1.35. The number of aliphatic imine (C=N–C) groups is 1. The van der Waals surface area contributed by atoms with Gasteiger partial charge in [0.25, 0.3) is 0 Å². The lowest BCUT2D eigenvalue weighted by Gasteiger charge is -2.02. The van der Waals surface area contributed by atoms with Gasteiger partial charge in [-0.1, -0.05) is 6.07 Å². The molecule has 0 radical (unpaired) electrons. The molecule has 0 fully saturated rings. The van der Waals surface area contributed by atoms with Gasteiger partial charge >= 0.3 is 0 Å². The summed E-state index contributed by atoms with van der Waals surface area (Å²) in [5.74, 6) is 0.706. The van der Waals surface area contributed by atoms with Gasteiger partial charge in [0.15, 0.2) is 0 Å². The molecule has 0 unspecified atom stereocenters. The number of hydrogen-bond donors (Lipinski definition) is 1. The van der Waals surface area contributed by atoms with Crippen LogP contribution in [0.15, 0.2) is 29.3 Å². The molecule has 0 spiro atoms. The number of phenols is 1. The van der Waals surface area contributed by atoms with Crippen molar-refractivity contribution in [2.45, 2.75) is 0 Å². The Morgan fingerprint density at radius 1 is 1.54 bits per heavy atom. The molecule has 0 saturated carbocycles. The largest absolute Gasteiger partial charge is 0.508 e. The summed E-state index contributed by atoms with van der Waals surface area (Å²) < 4.78 is 5.16. The maximum atomic E-state index is 9.68. The Hall–Kier alpha value is -1.80. The van der Waals surface area contributed by atoms with Gasteiger partial charge in [0.2, 0.25) is 6.08 Å². The number of phenolic OH excluding ortho intramolecular Hbond substituents is 1. The van der Waals surface area contributed by atoms with Gasteiger partial charge in [0.05, 0.1) is 6.54 Å². The molecule has 0 saturated heterocycles. The second-order valence-corrected chi connectivity index (χ2v) is 2.32. The molecule has 4 heteroatoms. The van der Waals surface area contributed by atoms with Crippen molar-refractivity contribution in [1.29, 1.82) is 0 Å². The van der Waals surface area contributed by atoms with Crippen LogP contribution in [0.25, 0.3) is 0 Å². The molecule has 0 amide bonds. The SMILES string of the molecule is O=C=NCCOc1cccc(O)c1. The molecule has 13 heavy (non-hydrogen) atoms. The maximum Gasteiger partial charge on any atom is 0.235 e. The van der Waals surface area contributed by atoms with E-state index < -0.39 is 0 Å². The van der Waals surface area contributed by atoms with Crippen LogP contribution < -0.4 is 4.74 Å². The van der Waals surface area contributed by atoms with Gasteiger partial charge in [0.1, 0.15) is 18.1 Å². The van der Waals surface area contributed by atoms with Crippen molar-refractivity contribution in [3.63, 3.8) is 0 Å². The smallest absolute Gasteiger partial charge is 0.235 e. The zero-order chi connectivity index (χ0) is 9.52. The molecule has 1 N–H and O–H groups in total. The van der Waals surface area contributed by atoms with Gasteiger partial charge < -0.3 is 9.84 Å². The standard InChI is InChI=1S/C9H9NO3/c11-7-10-4-5-13-9-3-1-2-8(12)6-9/h1-3,6,12H,4-5H2. The Balaban J connectivity index is 2.40. The summed E-state index contributed by atoms with van der Waals surface area (Å²) in [7, 11) is 0. The summed E-state index contributed by atoms with van der Waals surface area (Å²) in [6.45, 7) is 0.581. The van der Waals surface area contributed by atoms with Crippen LogP contribution in [0, 0.1) is 0 Å². The number of aromatic hydroxyl groups is 1. The van der Waals surface area contributed by atoms with Crippen molar-refractivity contribution in [2.75, 3.05) is 13.2 Å². The molecular formula is C9H9NO3. The van der Waals surface area contributed by atoms with Gasteiger partial charge in [0, 0.05) is 6.07 Å². The molecule has 0 heterocycles. The van der Waals surface area contributed by atoms with Crippen molar-refractivity contribution in [2.24, 2.45) is 4.99 Å². The minimum absolute atomic E-state index is 0.149. The van der Waals surface area contributed by atoms with Gasteiger partial charge in [-0.15, -0.1) is 0 Å². The van der Waals surface area contributed by atoms with E-state index in [0.29, 0.717) is 12.4 Å². The average molecular weight is 179 g/mol. The summed E-state index contributed by atoms with van der Waals surface area (Å²) in [4.78, 5) is 13.0. The fourth-order valence-corrected chi connectivity index (χ4v) is 0.828. The van der Waals surface area contributed by atoms with Crippen LogP contribution in [0.4, 0.5) is 0 Å². The van der Waals surface area contributed by atoms with E-state index in [0.717, 1.165) is 0 Å². The first-order valence-corrected chi connectivity index (χ1v) is 3.78. The van der Waals surface area contributed by atoms with Gasteiger partial charge in [-0.2, -0.15) is 0 Å². The van der Waals surface area contributed by atoms with E-state index in [1.807, 2.05) is 0 Å². The van der Waals surface area contributed by atoms with E-state index in [2.05, 4.69) is 4.99 Å². The molecule has 1 rings (SSSR count). The molecule has 0 aliphatic rings. The Morgan fingerprint density at radius 2 is 2.38 bits per heavy atom. The first-order valence-electron chi connectivity index (χ1n) is 3.78. The Bertz CT molecular complexity index is 318. The monoisotopic (exact) mass is 179 g/mol. The van der Waals surface area contributed by atoms with Crippen LogP contribution in [-0.4, -0.2) is 24.3 Å². The second-order valence-electron chi connectivity index (χ2n) is 2.32. The number of rotatable bonds is 4. The number of isocyanates is 1. The zero-order valence-corrected chi connectivity index (χ0v) is 6.93. The zero-order valence-electron chi connectivity index (χ0n) is 6.93. The quantitative estimate of drug-likeness (QED) is 0.428. The average Bonchev–Trinajstić information content (AvgIpc) is 2.13. The number of hydrogen-bond acceptors (Lipinski definition) is 4. The Kier molecular flexibility index (Phi) is 3.54. The number of nitrogens with zero attached hydrogens (tertiary/aromatic N) is 1. The van der Waals surface area contributed by atoms with Crippen LogP contribution in [0.5, 0.6) is 11.5 Å². The van der Waals surface area contributed by atoms with Crippen LogP contribution in [0.1, 0.15) is 0 Å². The highest BCUT2D eigenvalue weighted by Crippen LogP contribution is 2.17. The molecule has 0 aliphatic heterocycles. The summed E-state index contributed by atoms with van der Waals surface area (Å²) in [5.41, 5.74) is 0. The van der Waals surface area contributed by atoms with Crippen LogP contribution in [0.3, 0.4) is 0 Å². The topological polar surface area (TPSA) is 58.9 Å². The van der Waals surface area contributed by atoms with E-state index >= 15 is 0 Å². The molecule has 1 aromatic rings. The van der Waals surface area contributed by atoms with E-state index in [9.17, 15) is 4.79 Å². The lowest BCUT2D eigenvalue weighted by molar-refractivity contribution is 0.326. The highest BCUT2D eigenvalue weighted by Gasteiger charge is 1.93. The summed E-state index contributed by atoms with van der Waals surface area (Å²) in [6.07, 6.45) is 1.41. The number of benzene rings is 1. The lowest BCUT2D eigenvalue weighted by Crippen LogP contribution is -2.00. The van der Waals surface area contributed by atoms with Crippen LogP contribution in [0.2, 0.25) is 0 Å². The summed E-state index contributed by atoms with van der Waals surface area (Å²) in [5, 5.41) is 9.05. The predicted molar refractivity (Wildman–Crippen MR) is 46.6 cm³/mol. The summed E-state index contributed by atoms with van der Waals surface area (Å²) >= 11 is 0. The Morgan fingerprint density at radius 3 is 3.08 bits per heavy atom. The highest BCUT2D eigenvalue weighted by atomic mass is 16.5. The molecule has 0 aromatic heterocycles. The fourth-order valence-electron chi connectivity index (χ4n) is 0.828.